The van der Waals surface area contributed by atoms with E-state index in [0.717, 1.165) is 44.5 Å². The Morgan fingerprint density at radius 2 is 1.00 bits per heavy atom. The van der Waals surface area contributed by atoms with Gasteiger partial charge in [0.15, 0.2) is 5.60 Å². The molecule has 0 bridgehead atoms. The van der Waals surface area contributed by atoms with Crippen molar-refractivity contribution in [2.75, 3.05) is 0 Å². The van der Waals surface area contributed by atoms with Gasteiger partial charge in [-0.1, -0.05) is 83.6 Å². The summed E-state index contributed by atoms with van der Waals surface area (Å²) in [7, 11) is 7.09. The van der Waals surface area contributed by atoms with Crippen LogP contribution in [0.4, 0.5) is 0 Å². The van der Waals surface area contributed by atoms with Gasteiger partial charge in [-0.05, 0) is 94.0 Å². The highest BCUT2D eigenvalue weighted by Crippen LogP contribution is 2.40. The smallest absolute Gasteiger partial charge is 0.252 e. The summed E-state index contributed by atoms with van der Waals surface area (Å²) in [5.74, 6) is 5.30. The van der Waals surface area contributed by atoms with E-state index in [9.17, 15) is 14.7 Å². The monoisotopic (exact) mass is 959 g/mol. The number of halogens is 2. The molecule has 0 radical (unpaired) electrons. The first kappa shape index (κ1) is 46.7. The number of benzene rings is 4. The molecular weight excluding hydrogens is 918 g/mol. The lowest BCUT2D eigenvalue weighted by atomic mass is 9.81. The Bertz CT molecular complexity index is 3610. The molecule has 12 nitrogen and oxygen atoms in total. The van der Waals surface area contributed by atoms with E-state index in [1.807, 2.05) is 104 Å². The van der Waals surface area contributed by atoms with Gasteiger partial charge in [-0.15, -0.1) is 12.8 Å². The van der Waals surface area contributed by atoms with Crippen LogP contribution in [-0.4, -0.2) is 43.3 Å². The number of aliphatic hydroxyl groups is 1. The minimum atomic E-state index is -1.58. The Kier molecular flexibility index (Phi) is 12.4. The Morgan fingerprint density at radius 3 is 1.46 bits per heavy atom. The van der Waals surface area contributed by atoms with Crippen LogP contribution in [0.3, 0.4) is 0 Å². The zero-order valence-electron chi connectivity index (χ0n) is 38.3. The first-order chi connectivity index (χ1) is 33.6. The van der Waals surface area contributed by atoms with Crippen LogP contribution in [0, 0.1) is 24.7 Å². The van der Waals surface area contributed by atoms with Crippen LogP contribution in [0.25, 0.3) is 44.3 Å². The highest BCUT2D eigenvalue weighted by atomic mass is 35.5. The van der Waals surface area contributed by atoms with E-state index in [4.69, 9.17) is 46.8 Å². The normalized spacial score (nSPS) is 12.9. The summed E-state index contributed by atoms with van der Waals surface area (Å²) in [5.41, 5.74) is 13.7. The van der Waals surface area contributed by atoms with Crippen molar-refractivity contribution >= 4 is 45.3 Å². The molecule has 0 aliphatic carbocycles. The molecule has 6 heterocycles. The fraction of sp³-hybridized carbons (Fsp3) is 0.107. The van der Waals surface area contributed by atoms with Crippen molar-refractivity contribution in [3.8, 4) is 46.9 Å². The van der Waals surface area contributed by atoms with Crippen LogP contribution in [0.15, 0.2) is 168 Å². The second kappa shape index (κ2) is 18.6. The summed E-state index contributed by atoms with van der Waals surface area (Å²) < 4.78 is 6.66. The Balaban J connectivity index is 0.000000174. The summed E-state index contributed by atoms with van der Waals surface area (Å²) in [6.45, 7) is 0. The zero-order chi connectivity index (χ0) is 49.5. The van der Waals surface area contributed by atoms with Gasteiger partial charge in [0.2, 0.25) is 0 Å². The SMILES string of the molecule is C#Cc1cccc(-c2cc(=O)n(C)c3ncc([C@](N)(c4ccc(Cl)cc4)c4cncn4C)cc23)c1.C#Cc1cccc(-c2cc(=O)n(C)c3ncc([C@](O)(c4ccc(Cl)cc4)c4cncn4C)cc23)c1. The number of pyridine rings is 4. The van der Waals surface area contributed by atoms with Gasteiger partial charge in [0.25, 0.3) is 11.1 Å². The third kappa shape index (κ3) is 8.25. The van der Waals surface area contributed by atoms with Crippen molar-refractivity contribution in [1.82, 2.24) is 38.2 Å². The number of hydrogen-bond acceptors (Lipinski definition) is 8. The molecule has 0 saturated carbocycles. The van der Waals surface area contributed by atoms with Crippen LogP contribution in [0.1, 0.15) is 44.8 Å². The number of terminal acetylenes is 2. The molecule has 10 rings (SSSR count). The molecule has 344 valence electrons. The topological polar surface area (TPSA) is 152 Å². The van der Waals surface area contributed by atoms with Gasteiger partial charge < -0.3 is 20.0 Å². The van der Waals surface area contributed by atoms with E-state index >= 15 is 0 Å². The second-order valence-corrected chi connectivity index (χ2v) is 17.7. The van der Waals surface area contributed by atoms with Crippen LogP contribution in [0.5, 0.6) is 0 Å². The standard InChI is InChI=1S/C28H22ClN5O.C28H21ClN4O2/c1-4-18-6-5-7-19(12-18)23-14-26(35)34(3)27-24(23)13-21(15-32-27)28(30,25-16-31-17-33(25)2)20-8-10-22(29)11-9-20;1-4-18-6-5-7-19(12-18)23-14-26(34)33(3)27-24(23)13-21(15-31-27)28(35,25-16-30-17-32(25)2)20-8-10-22(29)11-9-20/h1,5-17H,30H2,2-3H3;1,5-17,35H,2-3H3/t2*28-/m11/s1. The number of nitrogens with two attached hydrogens (primary N) is 1. The minimum Gasteiger partial charge on any atom is -0.374 e. The van der Waals surface area contributed by atoms with Gasteiger partial charge in [-0.3, -0.25) is 18.7 Å². The predicted octanol–water partition coefficient (Wildman–Crippen LogP) is 8.47. The predicted molar refractivity (Wildman–Crippen MR) is 276 cm³/mol. The molecule has 0 amide bonds. The maximum atomic E-state index is 12.8. The number of aryl methyl sites for hydroxylation is 4. The van der Waals surface area contributed by atoms with Crippen LogP contribution >= 0.6 is 23.2 Å². The second-order valence-electron chi connectivity index (χ2n) is 16.9. The highest BCUT2D eigenvalue weighted by molar-refractivity contribution is 6.30. The summed E-state index contributed by atoms with van der Waals surface area (Å²) in [5, 5.41) is 14.9. The summed E-state index contributed by atoms with van der Waals surface area (Å²) in [6.07, 6.45) is 21.2. The van der Waals surface area contributed by atoms with Gasteiger partial charge in [-0.25, -0.2) is 19.9 Å². The fourth-order valence-corrected chi connectivity index (χ4v) is 9.12. The van der Waals surface area contributed by atoms with E-state index in [-0.39, 0.29) is 11.1 Å². The molecule has 3 N–H and O–H groups in total. The first-order valence-electron chi connectivity index (χ1n) is 21.8. The lowest BCUT2D eigenvalue weighted by Crippen LogP contribution is -2.41. The zero-order valence-corrected chi connectivity index (χ0v) is 39.9. The molecule has 0 aliphatic rings. The fourth-order valence-electron chi connectivity index (χ4n) is 8.87. The van der Waals surface area contributed by atoms with Crippen molar-refractivity contribution in [2.45, 2.75) is 11.1 Å². The van der Waals surface area contributed by atoms with E-state index in [0.29, 0.717) is 54.7 Å². The van der Waals surface area contributed by atoms with Gasteiger partial charge in [0.1, 0.15) is 16.8 Å². The molecule has 70 heavy (non-hydrogen) atoms. The van der Waals surface area contributed by atoms with Gasteiger partial charge in [0.05, 0.1) is 36.4 Å². The van der Waals surface area contributed by atoms with Crippen LogP contribution in [-0.2, 0) is 39.3 Å². The molecule has 0 fully saturated rings. The average Bonchev–Trinajstić information content (AvgIpc) is 4.03. The van der Waals surface area contributed by atoms with Crippen molar-refractivity contribution in [3.63, 3.8) is 0 Å². The Morgan fingerprint density at radius 1 is 0.557 bits per heavy atom. The minimum absolute atomic E-state index is 0.165. The average molecular weight is 961 g/mol. The van der Waals surface area contributed by atoms with Gasteiger partial charge >= 0.3 is 0 Å². The number of hydrogen-bond donors (Lipinski definition) is 2. The quantitative estimate of drug-likeness (QED) is 0.144. The number of imidazole rings is 2. The van der Waals surface area contributed by atoms with E-state index in [2.05, 4.69) is 26.8 Å². The maximum Gasteiger partial charge on any atom is 0.252 e. The molecule has 0 spiro atoms. The number of aromatic nitrogens is 8. The molecule has 10 aromatic rings. The third-order valence-corrected chi connectivity index (χ3v) is 13.2. The molecule has 0 aliphatic heterocycles. The first-order valence-corrected chi connectivity index (χ1v) is 22.5. The molecule has 6 aromatic heterocycles. The van der Waals surface area contributed by atoms with Gasteiger partial charge in [0, 0.05) is 95.8 Å². The van der Waals surface area contributed by atoms with E-state index < -0.39 is 11.1 Å². The molecule has 0 saturated heterocycles. The number of nitrogens with zero attached hydrogens (tertiary/aromatic N) is 8. The van der Waals surface area contributed by atoms with Crippen molar-refractivity contribution in [1.29, 1.82) is 0 Å². The molecule has 0 unspecified atom stereocenters. The van der Waals surface area contributed by atoms with Crippen molar-refractivity contribution in [3.05, 3.63) is 234 Å². The Labute approximate surface area is 412 Å². The molecule has 2 atom stereocenters. The van der Waals surface area contributed by atoms with E-state index in [1.165, 1.54) is 9.13 Å². The highest BCUT2D eigenvalue weighted by Gasteiger charge is 2.38. The summed E-state index contributed by atoms with van der Waals surface area (Å²) in [4.78, 5) is 43.4. The Hall–Kier alpha value is -8.36. The number of rotatable bonds is 8. The lowest BCUT2D eigenvalue weighted by Gasteiger charge is -2.31. The third-order valence-electron chi connectivity index (χ3n) is 12.7. The summed E-state index contributed by atoms with van der Waals surface area (Å²) in [6, 6.07) is 36.4. The number of fused-ring (bicyclic) bond motifs is 2. The van der Waals surface area contributed by atoms with Crippen LogP contribution < -0.4 is 16.9 Å². The van der Waals surface area contributed by atoms with Crippen LogP contribution in [0.2, 0.25) is 10.0 Å². The molecular formula is C56H43Cl2N9O3. The summed E-state index contributed by atoms with van der Waals surface area (Å²) >= 11 is 12.3. The van der Waals surface area contributed by atoms with Crippen molar-refractivity contribution in [2.24, 2.45) is 33.9 Å². The maximum absolute atomic E-state index is 12.8. The van der Waals surface area contributed by atoms with Gasteiger partial charge in [-0.2, -0.15) is 0 Å². The molecule has 14 heteroatoms. The lowest BCUT2D eigenvalue weighted by molar-refractivity contribution is 0.117. The van der Waals surface area contributed by atoms with E-state index in [1.54, 1.807) is 92.5 Å². The largest absolute Gasteiger partial charge is 0.374 e. The molecule has 4 aromatic carbocycles. The van der Waals surface area contributed by atoms with Crippen molar-refractivity contribution < 1.29 is 5.11 Å².